The first-order valence-electron chi connectivity index (χ1n) is 10.6. The van der Waals surface area contributed by atoms with E-state index in [9.17, 15) is 26.7 Å². The molecule has 180 valence electrons. The van der Waals surface area contributed by atoms with Gasteiger partial charge in [0.05, 0.1) is 6.04 Å². The molecule has 5 nitrogen and oxygen atoms in total. The lowest BCUT2D eigenvalue weighted by molar-refractivity contribution is -0.274. The predicted octanol–water partition coefficient (Wildman–Crippen LogP) is 4.51. The van der Waals surface area contributed by atoms with Crippen molar-refractivity contribution in [3.8, 4) is 5.75 Å². The molecule has 0 aliphatic carbocycles. The minimum atomic E-state index is -4.91. The van der Waals surface area contributed by atoms with Crippen LogP contribution in [0.25, 0.3) is 0 Å². The molecule has 1 fully saturated rings. The maximum atomic E-state index is 12.7. The molecule has 4 rings (SSSR count). The average molecular weight is 492 g/mol. The minimum absolute atomic E-state index is 0.0174. The zero-order valence-corrected chi connectivity index (χ0v) is 19.1. The molecule has 9 heteroatoms. The third-order valence-electron chi connectivity index (χ3n) is 5.86. The zero-order valence-electron chi connectivity index (χ0n) is 18.3. The Morgan fingerprint density at radius 3 is 1.85 bits per heavy atom. The summed E-state index contributed by atoms with van der Waals surface area (Å²) < 4.78 is 67.5. The van der Waals surface area contributed by atoms with Crippen molar-refractivity contribution in [3.63, 3.8) is 0 Å². The molecule has 1 unspecified atom stereocenters. The smallest absolute Gasteiger partial charge is 0.406 e. The second kappa shape index (κ2) is 9.05. The lowest BCUT2D eigenvalue weighted by atomic mass is 9.82. The van der Waals surface area contributed by atoms with Crippen LogP contribution in [-0.2, 0) is 9.84 Å². The topological polar surface area (TPSA) is 66.8 Å². The molecule has 1 N–H and O–H groups in total. The highest BCUT2D eigenvalue weighted by Gasteiger charge is 2.54. The maximum absolute atomic E-state index is 12.7. The van der Waals surface area contributed by atoms with Crippen LogP contribution in [-0.4, -0.2) is 49.7 Å². The standard InChI is InChI=1S/C25H24F3NO4S/c1-34(31,32)23(20-13-8-14-21(15-20)33-25(26,27)28)24(30)16-29(17-24)22(18-9-4-2-5-10-18)19-11-6-3-7-12-19/h2-15,22-23,30H,16-17H2,1H3. The van der Waals surface area contributed by atoms with E-state index in [1.54, 1.807) is 0 Å². The fourth-order valence-corrected chi connectivity index (χ4v) is 6.31. The highest BCUT2D eigenvalue weighted by molar-refractivity contribution is 7.91. The van der Waals surface area contributed by atoms with Gasteiger partial charge in [0, 0.05) is 19.3 Å². The first-order chi connectivity index (χ1) is 16.0. The van der Waals surface area contributed by atoms with Crippen LogP contribution in [0.2, 0.25) is 0 Å². The SMILES string of the molecule is CS(=O)(=O)C(c1cccc(OC(F)(F)F)c1)C1(O)CN(C(c2ccccc2)c2ccccc2)C1. The molecule has 3 aromatic carbocycles. The van der Waals surface area contributed by atoms with Gasteiger partial charge in [-0.2, -0.15) is 0 Å². The van der Waals surface area contributed by atoms with E-state index in [1.165, 1.54) is 12.1 Å². The van der Waals surface area contributed by atoms with Crippen molar-refractivity contribution in [1.29, 1.82) is 0 Å². The number of nitrogens with zero attached hydrogens (tertiary/aromatic N) is 1. The van der Waals surface area contributed by atoms with Crippen molar-refractivity contribution in [2.45, 2.75) is 23.3 Å². The van der Waals surface area contributed by atoms with Crippen LogP contribution in [0.3, 0.4) is 0 Å². The molecule has 0 amide bonds. The quantitative estimate of drug-likeness (QED) is 0.527. The van der Waals surface area contributed by atoms with Crippen LogP contribution in [0.5, 0.6) is 5.75 Å². The van der Waals surface area contributed by atoms with Gasteiger partial charge in [-0.05, 0) is 28.8 Å². The fraction of sp³-hybridized carbons (Fsp3) is 0.280. The lowest BCUT2D eigenvalue weighted by Crippen LogP contribution is -2.66. The number of aliphatic hydroxyl groups is 1. The van der Waals surface area contributed by atoms with E-state index in [0.29, 0.717) is 0 Å². The highest BCUT2D eigenvalue weighted by atomic mass is 32.2. The molecule has 0 radical (unpaired) electrons. The van der Waals surface area contributed by atoms with E-state index >= 15 is 0 Å². The molecule has 0 spiro atoms. The number of sulfone groups is 1. The van der Waals surface area contributed by atoms with Gasteiger partial charge in [-0.3, -0.25) is 4.90 Å². The normalized spacial score (nSPS) is 17.2. The molecule has 0 saturated carbocycles. The van der Waals surface area contributed by atoms with Gasteiger partial charge in [0.15, 0.2) is 9.84 Å². The minimum Gasteiger partial charge on any atom is -0.406 e. The van der Waals surface area contributed by atoms with E-state index in [4.69, 9.17) is 0 Å². The summed E-state index contributed by atoms with van der Waals surface area (Å²) in [5, 5.41) is 10.00. The Hall–Kier alpha value is -2.88. The number of halogens is 3. The summed E-state index contributed by atoms with van der Waals surface area (Å²) in [7, 11) is -3.89. The Morgan fingerprint density at radius 1 is 0.882 bits per heavy atom. The van der Waals surface area contributed by atoms with Crippen molar-refractivity contribution >= 4 is 9.84 Å². The Labute approximate surface area is 196 Å². The van der Waals surface area contributed by atoms with Gasteiger partial charge in [-0.25, -0.2) is 8.42 Å². The molecule has 0 aromatic heterocycles. The van der Waals surface area contributed by atoms with Gasteiger partial charge < -0.3 is 9.84 Å². The molecule has 1 aliphatic heterocycles. The van der Waals surface area contributed by atoms with Crippen LogP contribution >= 0.6 is 0 Å². The summed E-state index contributed by atoms with van der Waals surface area (Å²) in [6.07, 6.45) is -3.94. The third-order valence-corrected chi connectivity index (χ3v) is 7.43. The number of rotatable bonds is 7. The molecular weight excluding hydrogens is 467 g/mol. The summed E-state index contributed by atoms with van der Waals surface area (Å²) >= 11 is 0. The first kappa shape index (κ1) is 24.3. The molecule has 1 heterocycles. The van der Waals surface area contributed by atoms with Crippen LogP contribution in [0.1, 0.15) is 28.0 Å². The second-order valence-electron chi connectivity index (χ2n) is 8.56. The van der Waals surface area contributed by atoms with E-state index < -0.39 is 32.8 Å². The summed E-state index contributed by atoms with van der Waals surface area (Å²) in [6, 6.07) is 23.8. The maximum Gasteiger partial charge on any atom is 0.573 e. The Morgan fingerprint density at radius 2 is 1.38 bits per heavy atom. The molecule has 34 heavy (non-hydrogen) atoms. The number of ether oxygens (including phenoxy) is 1. The number of alkyl halides is 3. The number of hydrogen-bond acceptors (Lipinski definition) is 5. The molecule has 1 aliphatic rings. The number of hydrogen-bond donors (Lipinski definition) is 1. The van der Waals surface area contributed by atoms with Crippen LogP contribution in [0.15, 0.2) is 84.9 Å². The molecule has 3 aromatic rings. The van der Waals surface area contributed by atoms with Crippen molar-refractivity contribution in [2.24, 2.45) is 0 Å². The Kier molecular flexibility index (Phi) is 6.46. The summed E-state index contributed by atoms with van der Waals surface area (Å²) in [5.74, 6) is -0.537. The van der Waals surface area contributed by atoms with Gasteiger partial charge in [0.2, 0.25) is 0 Å². The van der Waals surface area contributed by atoms with Crippen LogP contribution < -0.4 is 4.74 Å². The molecule has 1 saturated heterocycles. The molecule has 1 atom stereocenters. The number of benzene rings is 3. The van der Waals surface area contributed by atoms with E-state index in [-0.39, 0.29) is 24.7 Å². The Balaban J connectivity index is 1.65. The predicted molar refractivity (Wildman–Crippen MR) is 122 cm³/mol. The van der Waals surface area contributed by atoms with Crippen molar-refractivity contribution in [3.05, 3.63) is 102 Å². The van der Waals surface area contributed by atoms with Gasteiger partial charge in [-0.1, -0.05) is 72.8 Å². The number of β-amino-alcohol motifs (C(OH)–C–C–N with tert-alkyl or cyclic N) is 1. The van der Waals surface area contributed by atoms with Gasteiger partial charge in [0.25, 0.3) is 0 Å². The number of likely N-dealkylation sites (tertiary alicyclic amines) is 1. The Bertz CT molecular complexity index is 1190. The van der Waals surface area contributed by atoms with Crippen molar-refractivity contribution in [2.75, 3.05) is 19.3 Å². The first-order valence-corrected chi connectivity index (χ1v) is 12.5. The van der Waals surface area contributed by atoms with Crippen LogP contribution in [0.4, 0.5) is 13.2 Å². The molecule has 0 bridgehead atoms. The molecular formula is C25H24F3NO4S. The largest absolute Gasteiger partial charge is 0.573 e. The average Bonchev–Trinajstić information content (AvgIpc) is 2.72. The zero-order chi connectivity index (χ0) is 24.6. The third kappa shape index (κ3) is 5.27. The van der Waals surface area contributed by atoms with E-state index in [2.05, 4.69) is 4.74 Å². The summed E-state index contributed by atoms with van der Waals surface area (Å²) in [5.41, 5.74) is 0.313. The van der Waals surface area contributed by atoms with Crippen molar-refractivity contribution < 1.29 is 31.4 Å². The highest BCUT2D eigenvalue weighted by Crippen LogP contribution is 2.45. The van der Waals surface area contributed by atoms with Gasteiger partial charge in [-0.15, -0.1) is 13.2 Å². The second-order valence-corrected chi connectivity index (χ2v) is 10.7. The van der Waals surface area contributed by atoms with E-state index in [0.717, 1.165) is 29.5 Å². The van der Waals surface area contributed by atoms with Gasteiger partial charge in [0.1, 0.15) is 16.6 Å². The summed E-state index contributed by atoms with van der Waals surface area (Å²) in [6.45, 7) is 0.0348. The summed E-state index contributed by atoms with van der Waals surface area (Å²) in [4.78, 5) is 1.96. The van der Waals surface area contributed by atoms with E-state index in [1.807, 2.05) is 65.6 Å². The lowest BCUT2D eigenvalue weighted by Gasteiger charge is -2.53. The van der Waals surface area contributed by atoms with Crippen molar-refractivity contribution in [1.82, 2.24) is 4.90 Å². The van der Waals surface area contributed by atoms with Gasteiger partial charge >= 0.3 is 6.36 Å². The fourth-order valence-electron chi connectivity index (χ4n) is 4.72. The van der Waals surface area contributed by atoms with Crippen LogP contribution in [0, 0.1) is 0 Å². The monoisotopic (exact) mass is 491 g/mol.